The number of rotatable bonds is 6. The first-order valence-corrected chi connectivity index (χ1v) is 6.93. The Morgan fingerprint density at radius 1 is 1.50 bits per heavy atom. The average Bonchev–Trinajstić information content (AvgIpc) is 2.74. The van der Waals surface area contributed by atoms with Crippen molar-refractivity contribution in [1.82, 2.24) is 25.4 Å². The third-order valence-corrected chi connectivity index (χ3v) is 2.96. The zero-order valence-electron chi connectivity index (χ0n) is 11.0. The quantitative estimate of drug-likeness (QED) is 0.330. The second-order valence-electron chi connectivity index (χ2n) is 3.50. The highest BCUT2D eigenvalue weighted by Gasteiger charge is 2.01. The molecule has 0 fully saturated rings. The van der Waals surface area contributed by atoms with Crippen LogP contribution < -0.4 is 10.6 Å². The Labute approximate surface area is 129 Å². The lowest BCUT2D eigenvalue weighted by Gasteiger charge is -2.10. The van der Waals surface area contributed by atoms with Gasteiger partial charge >= 0.3 is 0 Å². The Kier molecular flexibility index (Phi) is 10.1. The molecule has 0 bridgehead atoms. The van der Waals surface area contributed by atoms with Crippen LogP contribution >= 0.6 is 35.7 Å². The standard InChI is InChI=1S/C10H20N6S.HI/c1-11-10(12-5-4-6-17-3)13-7-9-14-8-15-16(9)2;/h8H,4-7H2,1-3H3,(H2,11,12,13);1H. The highest BCUT2D eigenvalue weighted by Crippen LogP contribution is 1.93. The predicted octanol–water partition coefficient (Wildman–Crippen LogP) is 0.851. The summed E-state index contributed by atoms with van der Waals surface area (Å²) in [6.45, 7) is 1.55. The minimum atomic E-state index is 0. The number of aliphatic imine (C=N–C) groups is 1. The van der Waals surface area contributed by atoms with Crippen LogP contribution in [-0.2, 0) is 13.6 Å². The van der Waals surface area contributed by atoms with Crippen molar-refractivity contribution in [2.24, 2.45) is 12.0 Å². The smallest absolute Gasteiger partial charge is 0.191 e. The summed E-state index contributed by atoms with van der Waals surface area (Å²) in [5.74, 6) is 2.85. The van der Waals surface area contributed by atoms with Gasteiger partial charge in [0, 0.05) is 20.6 Å². The SMILES string of the molecule is CN=C(NCCCSC)NCc1ncnn1C.I. The molecule has 0 spiro atoms. The van der Waals surface area contributed by atoms with Crippen molar-refractivity contribution in [2.75, 3.05) is 25.6 Å². The van der Waals surface area contributed by atoms with Crippen molar-refractivity contribution >= 4 is 41.7 Å². The van der Waals surface area contributed by atoms with E-state index in [-0.39, 0.29) is 24.0 Å². The van der Waals surface area contributed by atoms with Crippen LogP contribution in [0.25, 0.3) is 0 Å². The summed E-state index contributed by atoms with van der Waals surface area (Å²) in [6, 6.07) is 0. The minimum absolute atomic E-state index is 0. The van der Waals surface area contributed by atoms with Crippen molar-refractivity contribution in [1.29, 1.82) is 0 Å². The third kappa shape index (κ3) is 6.43. The largest absolute Gasteiger partial charge is 0.356 e. The second kappa shape index (κ2) is 10.4. The molecule has 0 radical (unpaired) electrons. The molecule has 0 saturated carbocycles. The van der Waals surface area contributed by atoms with E-state index in [0.717, 1.165) is 30.5 Å². The zero-order chi connectivity index (χ0) is 12.5. The summed E-state index contributed by atoms with van der Waals surface area (Å²) in [5, 5.41) is 10.5. The molecule has 0 aliphatic carbocycles. The lowest BCUT2D eigenvalue weighted by atomic mass is 10.5. The normalized spacial score (nSPS) is 10.9. The summed E-state index contributed by atoms with van der Waals surface area (Å²) in [5.41, 5.74) is 0. The first-order valence-electron chi connectivity index (χ1n) is 5.54. The minimum Gasteiger partial charge on any atom is -0.356 e. The van der Waals surface area contributed by atoms with Gasteiger partial charge < -0.3 is 10.6 Å². The van der Waals surface area contributed by atoms with Crippen LogP contribution in [0.5, 0.6) is 0 Å². The Hall–Kier alpha value is -0.510. The van der Waals surface area contributed by atoms with Crippen molar-refractivity contribution in [3.63, 3.8) is 0 Å². The monoisotopic (exact) mass is 384 g/mol. The van der Waals surface area contributed by atoms with Crippen LogP contribution in [-0.4, -0.2) is 46.3 Å². The third-order valence-electron chi connectivity index (χ3n) is 2.26. The molecule has 0 unspecified atom stereocenters. The second-order valence-corrected chi connectivity index (χ2v) is 4.48. The van der Waals surface area contributed by atoms with Gasteiger partial charge in [-0.2, -0.15) is 16.9 Å². The maximum absolute atomic E-state index is 4.14. The maximum Gasteiger partial charge on any atom is 0.191 e. The number of halogens is 1. The molecule has 104 valence electrons. The first kappa shape index (κ1) is 17.5. The van der Waals surface area contributed by atoms with E-state index >= 15 is 0 Å². The number of nitrogens with zero attached hydrogens (tertiary/aromatic N) is 4. The number of aryl methyl sites for hydroxylation is 1. The Morgan fingerprint density at radius 3 is 2.83 bits per heavy atom. The Bertz CT molecular complexity index is 354. The van der Waals surface area contributed by atoms with Gasteiger partial charge in [-0.3, -0.25) is 9.67 Å². The van der Waals surface area contributed by atoms with Gasteiger partial charge in [0.05, 0.1) is 6.54 Å². The molecule has 18 heavy (non-hydrogen) atoms. The lowest BCUT2D eigenvalue weighted by molar-refractivity contribution is 0.672. The molecule has 0 amide bonds. The van der Waals surface area contributed by atoms with Gasteiger partial charge in [-0.15, -0.1) is 24.0 Å². The van der Waals surface area contributed by atoms with Gasteiger partial charge in [0.2, 0.25) is 0 Å². The Balaban J connectivity index is 0.00000289. The number of hydrogen-bond acceptors (Lipinski definition) is 4. The fourth-order valence-corrected chi connectivity index (χ4v) is 1.72. The van der Waals surface area contributed by atoms with Crippen LogP contribution in [0.4, 0.5) is 0 Å². The summed E-state index contributed by atoms with van der Waals surface area (Å²) < 4.78 is 1.74. The molecule has 0 aliphatic rings. The van der Waals surface area contributed by atoms with Crippen LogP contribution in [0, 0.1) is 0 Å². The molecule has 0 atom stereocenters. The molecular formula is C10H21IN6S. The number of aromatic nitrogens is 3. The summed E-state index contributed by atoms with van der Waals surface area (Å²) >= 11 is 1.85. The van der Waals surface area contributed by atoms with Gasteiger partial charge in [0.15, 0.2) is 5.96 Å². The zero-order valence-corrected chi connectivity index (χ0v) is 14.2. The summed E-state index contributed by atoms with van der Waals surface area (Å²) in [4.78, 5) is 8.28. The molecule has 1 heterocycles. The molecule has 1 rings (SSSR count). The van der Waals surface area contributed by atoms with Crippen molar-refractivity contribution in [3.05, 3.63) is 12.2 Å². The maximum atomic E-state index is 4.14. The van der Waals surface area contributed by atoms with Gasteiger partial charge in [0.25, 0.3) is 0 Å². The summed E-state index contributed by atoms with van der Waals surface area (Å²) in [6.07, 6.45) is 4.79. The van der Waals surface area contributed by atoms with Crippen molar-refractivity contribution in [2.45, 2.75) is 13.0 Å². The molecule has 0 saturated heterocycles. The van der Waals surface area contributed by atoms with E-state index < -0.39 is 0 Å². The van der Waals surface area contributed by atoms with Crippen LogP contribution in [0.2, 0.25) is 0 Å². The molecule has 0 aromatic carbocycles. The van der Waals surface area contributed by atoms with Crippen LogP contribution in [0.1, 0.15) is 12.2 Å². The topological polar surface area (TPSA) is 67.1 Å². The van der Waals surface area contributed by atoms with Crippen molar-refractivity contribution < 1.29 is 0 Å². The molecule has 1 aromatic rings. The Morgan fingerprint density at radius 2 is 2.28 bits per heavy atom. The average molecular weight is 384 g/mol. The summed E-state index contributed by atoms with van der Waals surface area (Å²) in [7, 11) is 3.64. The van der Waals surface area contributed by atoms with E-state index in [2.05, 4.69) is 32.0 Å². The van der Waals surface area contributed by atoms with E-state index in [1.54, 1.807) is 18.1 Å². The molecule has 6 nitrogen and oxygen atoms in total. The molecular weight excluding hydrogens is 363 g/mol. The van der Waals surface area contributed by atoms with Gasteiger partial charge in [-0.05, 0) is 18.4 Å². The molecule has 0 aliphatic heterocycles. The molecule has 8 heteroatoms. The molecule has 2 N–H and O–H groups in total. The van der Waals surface area contributed by atoms with Crippen LogP contribution in [0.15, 0.2) is 11.3 Å². The molecule has 1 aromatic heterocycles. The van der Waals surface area contributed by atoms with E-state index in [1.807, 2.05) is 18.8 Å². The van der Waals surface area contributed by atoms with E-state index in [1.165, 1.54) is 0 Å². The van der Waals surface area contributed by atoms with E-state index in [4.69, 9.17) is 0 Å². The number of thioether (sulfide) groups is 1. The number of nitrogens with one attached hydrogen (secondary N) is 2. The fraction of sp³-hybridized carbons (Fsp3) is 0.700. The predicted molar refractivity (Wildman–Crippen MR) is 87.6 cm³/mol. The van der Waals surface area contributed by atoms with Crippen LogP contribution in [0.3, 0.4) is 0 Å². The number of hydrogen-bond donors (Lipinski definition) is 2. The number of guanidine groups is 1. The fourth-order valence-electron chi connectivity index (χ4n) is 1.29. The van der Waals surface area contributed by atoms with Gasteiger partial charge in [0.1, 0.15) is 12.2 Å². The highest BCUT2D eigenvalue weighted by molar-refractivity contribution is 14.0. The van der Waals surface area contributed by atoms with E-state index in [9.17, 15) is 0 Å². The lowest BCUT2D eigenvalue weighted by Crippen LogP contribution is -2.38. The van der Waals surface area contributed by atoms with Gasteiger partial charge in [-0.25, -0.2) is 4.98 Å². The van der Waals surface area contributed by atoms with E-state index in [0.29, 0.717) is 6.54 Å². The van der Waals surface area contributed by atoms with Crippen molar-refractivity contribution in [3.8, 4) is 0 Å². The first-order chi connectivity index (χ1) is 8.27. The highest BCUT2D eigenvalue weighted by atomic mass is 127. The van der Waals surface area contributed by atoms with Gasteiger partial charge in [-0.1, -0.05) is 0 Å².